The molecule has 0 spiro atoms. The Kier molecular flexibility index (Phi) is 5.88. The molecule has 2 fully saturated rings. The fourth-order valence-corrected chi connectivity index (χ4v) is 4.20. The van der Waals surface area contributed by atoms with E-state index in [4.69, 9.17) is 4.74 Å². The van der Waals surface area contributed by atoms with Crippen LogP contribution in [0, 0.1) is 11.3 Å². The molecule has 2 unspecified atom stereocenters. The molecule has 0 amide bonds. The Morgan fingerprint density at radius 3 is 2.44 bits per heavy atom. The smallest absolute Gasteiger partial charge is 0.0603 e. The molecular weight excluding hydrogens is 240 g/mol. The Morgan fingerprint density at radius 1 is 1.06 bits per heavy atom. The van der Waals surface area contributed by atoms with Crippen LogP contribution in [0.15, 0.2) is 0 Å². The maximum absolute atomic E-state index is 6.37. The number of hydrogen-bond acceptors (Lipinski definition) is 2. The van der Waals surface area contributed by atoms with E-state index in [0.29, 0.717) is 11.5 Å². The van der Waals surface area contributed by atoms with E-state index in [1.54, 1.807) is 0 Å². The minimum Gasteiger partial charge on any atom is -0.377 e. The van der Waals surface area contributed by atoms with Crippen molar-refractivity contribution in [1.82, 2.24) is 0 Å². The highest BCUT2D eigenvalue weighted by atomic mass is 32.1. The van der Waals surface area contributed by atoms with Gasteiger partial charge in [0.25, 0.3) is 0 Å². The van der Waals surface area contributed by atoms with Crippen molar-refractivity contribution in [1.29, 1.82) is 0 Å². The van der Waals surface area contributed by atoms with E-state index in [9.17, 15) is 0 Å². The van der Waals surface area contributed by atoms with Crippen LogP contribution in [0.2, 0.25) is 0 Å². The average molecular weight is 270 g/mol. The summed E-state index contributed by atoms with van der Waals surface area (Å²) >= 11 is 4.61. The normalized spacial score (nSPS) is 32.3. The van der Waals surface area contributed by atoms with Crippen molar-refractivity contribution in [3.8, 4) is 0 Å². The molecule has 2 aliphatic carbocycles. The summed E-state index contributed by atoms with van der Waals surface area (Å²) in [5.41, 5.74) is 0.400. The molecule has 0 saturated heterocycles. The lowest BCUT2D eigenvalue weighted by atomic mass is 9.76. The van der Waals surface area contributed by atoms with Crippen molar-refractivity contribution >= 4 is 12.6 Å². The van der Waals surface area contributed by atoms with E-state index in [0.717, 1.165) is 18.3 Å². The molecule has 2 saturated carbocycles. The highest BCUT2D eigenvalue weighted by Crippen LogP contribution is 2.39. The number of ether oxygens (including phenoxy) is 1. The van der Waals surface area contributed by atoms with Crippen molar-refractivity contribution in [2.45, 2.75) is 77.2 Å². The van der Waals surface area contributed by atoms with Crippen LogP contribution < -0.4 is 0 Å². The fraction of sp³-hybridized carbons (Fsp3) is 1.00. The third-order valence-electron chi connectivity index (χ3n) is 5.22. The third kappa shape index (κ3) is 3.66. The van der Waals surface area contributed by atoms with Gasteiger partial charge in [-0.05, 0) is 37.4 Å². The standard InChI is InChI=1S/C16H30OS/c1-2-14-8-4-5-9-15(14)17-12-16(13-18)10-6-3-7-11-16/h14-15,18H,2-13H2,1H3. The molecule has 0 aliphatic heterocycles. The predicted molar refractivity (Wildman–Crippen MR) is 81.4 cm³/mol. The first-order chi connectivity index (χ1) is 8.79. The lowest BCUT2D eigenvalue weighted by molar-refractivity contribution is -0.0569. The van der Waals surface area contributed by atoms with Gasteiger partial charge in [-0.25, -0.2) is 0 Å². The number of hydrogen-bond donors (Lipinski definition) is 1. The summed E-state index contributed by atoms with van der Waals surface area (Å²) < 4.78 is 6.37. The summed E-state index contributed by atoms with van der Waals surface area (Å²) in [5, 5.41) is 0. The predicted octanol–water partition coefficient (Wildman–Crippen LogP) is 4.85. The zero-order chi connectivity index (χ0) is 12.8. The number of rotatable bonds is 5. The van der Waals surface area contributed by atoms with Crippen LogP contribution in [-0.2, 0) is 4.74 Å². The molecule has 0 heterocycles. The van der Waals surface area contributed by atoms with Crippen molar-refractivity contribution in [3.05, 3.63) is 0 Å². The second-order valence-corrected chi connectivity index (χ2v) is 6.84. The van der Waals surface area contributed by atoms with E-state index in [-0.39, 0.29) is 0 Å². The third-order valence-corrected chi connectivity index (χ3v) is 5.89. The van der Waals surface area contributed by atoms with Gasteiger partial charge >= 0.3 is 0 Å². The fourth-order valence-electron chi connectivity index (χ4n) is 3.79. The van der Waals surface area contributed by atoms with Gasteiger partial charge in [0.2, 0.25) is 0 Å². The molecule has 0 aromatic rings. The van der Waals surface area contributed by atoms with Crippen LogP contribution in [0.25, 0.3) is 0 Å². The summed E-state index contributed by atoms with van der Waals surface area (Å²) in [7, 11) is 0. The highest BCUT2D eigenvalue weighted by molar-refractivity contribution is 7.80. The zero-order valence-corrected chi connectivity index (χ0v) is 12.9. The van der Waals surface area contributed by atoms with Crippen LogP contribution in [-0.4, -0.2) is 18.5 Å². The van der Waals surface area contributed by atoms with Gasteiger partial charge in [0.05, 0.1) is 12.7 Å². The molecule has 1 nitrogen and oxygen atoms in total. The maximum Gasteiger partial charge on any atom is 0.0603 e. The van der Waals surface area contributed by atoms with E-state index in [1.807, 2.05) is 0 Å². The van der Waals surface area contributed by atoms with Crippen molar-refractivity contribution < 1.29 is 4.74 Å². The minimum absolute atomic E-state index is 0.400. The zero-order valence-electron chi connectivity index (χ0n) is 12.0. The van der Waals surface area contributed by atoms with Crippen LogP contribution in [0.3, 0.4) is 0 Å². The monoisotopic (exact) mass is 270 g/mol. The summed E-state index contributed by atoms with van der Waals surface area (Å²) in [6.07, 6.45) is 14.1. The molecular formula is C16H30OS. The first-order valence-electron chi connectivity index (χ1n) is 8.02. The van der Waals surface area contributed by atoms with Gasteiger partial charge in [0, 0.05) is 5.41 Å². The first kappa shape index (κ1) is 14.7. The van der Waals surface area contributed by atoms with E-state index < -0.39 is 0 Å². The van der Waals surface area contributed by atoms with Crippen molar-refractivity contribution in [2.24, 2.45) is 11.3 Å². The van der Waals surface area contributed by atoms with E-state index >= 15 is 0 Å². The molecule has 0 bridgehead atoms. The van der Waals surface area contributed by atoms with Crippen molar-refractivity contribution in [2.75, 3.05) is 12.4 Å². The Hall–Kier alpha value is 0.310. The van der Waals surface area contributed by atoms with Gasteiger partial charge in [0.1, 0.15) is 0 Å². The molecule has 106 valence electrons. The quantitative estimate of drug-likeness (QED) is 0.702. The van der Waals surface area contributed by atoms with Crippen LogP contribution in [0.5, 0.6) is 0 Å². The highest BCUT2D eigenvalue weighted by Gasteiger charge is 2.33. The second kappa shape index (κ2) is 7.19. The summed E-state index contributed by atoms with van der Waals surface area (Å²) in [4.78, 5) is 0. The van der Waals surface area contributed by atoms with Gasteiger partial charge in [0.15, 0.2) is 0 Å². The van der Waals surface area contributed by atoms with Crippen LogP contribution >= 0.6 is 12.6 Å². The van der Waals surface area contributed by atoms with Gasteiger partial charge in [-0.1, -0.05) is 45.4 Å². The SMILES string of the molecule is CCC1CCCCC1OCC1(CS)CCCCC1. The van der Waals surface area contributed by atoms with Gasteiger partial charge in [-0.15, -0.1) is 0 Å². The Labute approximate surface area is 118 Å². The molecule has 0 radical (unpaired) electrons. The van der Waals surface area contributed by atoms with E-state index in [2.05, 4.69) is 19.6 Å². The largest absolute Gasteiger partial charge is 0.377 e. The first-order valence-corrected chi connectivity index (χ1v) is 8.65. The molecule has 18 heavy (non-hydrogen) atoms. The average Bonchev–Trinajstić information content (AvgIpc) is 2.46. The molecule has 2 heteroatoms. The van der Waals surface area contributed by atoms with Gasteiger partial charge < -0.3 is 4.74 Å². The van der Waals surface area contributed by atoms with Crippen LogP contribution in [0.4, 0.5) is 0 Å². The summed E-state index contributed by atoms with van der Waals surface area (Å²) in [5.74, 6) is 1.83. The molecule has 2 atom stereocenters. The lowest BCUT2D eigenvalue weighted by Gasteiger charge is -2.39. The Balaban J connectivity index is 1.84. The Bertz CT molecular complexity index is 235. The topological polar surface area (TPSA) is 9.23 Å². The molecule has 2 aliphatic rings. The van der Waals surface area contributed by atoms with Gasteiger partial charge in [-0.2, -0.15) is 12.6 Å². The summed E-state index contributed by atoms with van der Waals surface area (Å²) in [6, 6.07) is 0. The molecule has 0 N–H and O–H groups in total. The number of thiol groups is 1. The lowest BCUT2D eigenvalue weighted by Crippen LogP contribution is -2.36. The minimum atomic E-state index is 0.400. The molecule has 0 aromatic carbocycles. The summed E-state index contributed by atoms with van der Waals surface area (Å²) in [6.45, 7) is 3.29. The Morgan fingerprint density at radius 2 is 1.78 bits per heavy atom. The second-order valence-electron chi connectivity index (χ2n) is 6.52. The molecule has 0 aromatic heterocycles. The van der Waals surface area contributed by atoms with Gasteiger partial charge in [-0.3, -0.25) is 0 Å². The van der Waals surface area contributed by atoms with Crippen LogP contribution in [0.1, 0.15) is 71.1 Å². The van der Waals surface area contributed by atoms with Crippen molar-refractivity contribution in [3.63, 3.8) is 0 Å². The maximum atomic E-state index is 6.37. The van der Waals surface area contributed by atoms with E-state index in [1.165, 1.54) is 64.2 Å². The molecule has 2 rings (SSSR count).